The normalized spacial score (nSPS) is 35.1. The number of rotatable bonds is 3. The number of nitrogens with two attached hydrogens (primary N) is 1. The Morgan fingerprint density at radius 1 is 1.32 bits per heavy atom. The molecule has 1 saturated heterocycles. The molecule has 0 saturated carbocycles. The lowest BCUT2D eigenvalue weighted by Gasteiger charge is -2.47. The Balaban J connectivity index is 2.45. The van der Waals surface area contributed by atoms with E-state index in [4.69, 9.17) is 10.5 Å². The highest BCUT2D eigenvalue weighted by molar-refractivity contribution is 5.73. The zero-order valence-corrected chi connectivity index (χ0v) is 12.0. The minimum atomic E-state index is -2.12. The van der Waals surface area contributed by atoms with Crippen LogP contribution >= 0.6 is 0 Å². The summed E-state index contributed by atoms with van der Waals surface area (Å²) in [6, 6.07) is 4.68. The van der Waals surface area contributed by atoms with E-state index in [1.807, 2.05) is 0 Å². The molecule has 0 aliphatic carbocycles. The average molecular weight is 312 g/mol. The summed E-state index contributed by atoms with van der Waals surface area (Å²) < 4.78 is 5.39. The third kappa shape index (κ3) is 2.92. The summed E-state index contributed by atoms with van der Waals surface area (Å²) in [5.74, 6) is -2.64. The van der Waals surface area contributed by atoms with E-state index in [0.717, 1.165) is 0 Å². The van der Waals surface area contributed by atoms with Crippen LogP contribution in [0, 0.1) is 0 Å². The maximum absolute atomic E-state index is 11.3. The van der Waals surface area contributed by atoms with Crippen LogP contribution in [-0.4, -0.2) is 57.3 Å². The fourth-order valence-electron chi connectivity index (χ4n) is 2.54. The maximum atomic E-state index is 11.3. The number of ether oxygens (including phenoxy) is 1. The van der Waals surface area contributed by atoms with Crippen LogP contribution in [0.1, 0.15) is 12.5 Å². The second-order valence-corrected chi connectivity index (χ2v) is 5.32. The van der Waals surface area contributed by atoms with E-state index in [0.29, 0.717) is 5.69 Å². The Kier molecular flexibility index (Phi) is 4.69. The summed E-state index contributed by atoms with van der Waals surface area (Å²) in [6.07, 6.45) is -4.20. The van der Waals surface area contributed by atoms with Crippen molar-refractivity contribution in [3.63, 3.8) is 0 Å². The highest BCUT2D eigenvalue weighted by Gasteiger charge is 2.54. The van der Waals surface area contributed by atoms with Crippen LogP contribution in [0.25, 0.3) is 0 Å². The summed E-state index contributed by atoms with van der Waals surface area (Å²) in [5, 5.41) is 42.6. The van der Waals surface area contributed by atoms with Crippen molar-refractivity contribution in [2.45, 2.75) is 37.1 Å². The number of carbonyl (C=O) groups is 1. The molecule has 122 valence electrons. The zero-order valence-electron chi connectivity index (χ0n) is 12.0. The van der Waals surface area contributed by atoms with Crippen molar-refractivity contribution >= 4 is 11.6 Å². The molecule has 2 rings (SSSR count). The third-order valence-corrected chi connectivity index (χ3v) is 3.69. The molecule has 1 aromatic rings. The number of hydrogen-bond donors (Lipinski definition) is 6. The van der Waals surface area contributed by atoms with Gasteiger partial charge in [0, 0.05) is 18.2 Å². The molecule has 1 aliphatic rings. The van der Waals surface area contributed by atoms with Gasteiger partial charge in [-0.2, -0.15) is 0 Å². The molecule has 1 amide bonds. The minimum absolute atomic E-state index is 0.227. The van der Waals surface area contributed by atoms with Crippen LogP contribution in [0.2, 0.25) is 0 Å². The smallest absolute Gasteiger partial charge is 0.217 e. The fourth-order valence-corrected chi connectivity index (χ4v) is 2.54. The van der Waals surface area contributed by atoms with Crippen molar-refractivity contribution in [2.75, 3.05) is 12.3 Å². The van der Waals surface area contributed by atoms with Crippen LogP contribution < -0.4 is 11.1 Å². The monoisotopic (exact) mass is 312 g/mol. The second-order valence-electron chi connectivity index (χ2n) is 5.32. The molecule has 0 bridgehead atoms. The first kappa shape index (κ1) is 16.7. The van der Waals surface area contributed by atoms with E-state index in [9.17, 15) is 25.2 Å². The molecule has 0 radical (unpaired) electrons. The van der Waals surface area contributed by atoms with Gasteiger partial charge >= 0.3 is 0 Å². The van der Waals surface area contributed by atoms with Crippen LogP contribution in [0.15, 0.2) is 24.3 Å². The maximum Gasteiger partial charge on any atom is 0.217 e. The van der Waals surface area contributed by atoms with E-state index in [1.165, 1.54) is 31.2 Å². The molecule has 7 N–H and O–H groups in total. The fraction of sp³-hybridized carbons (Fsp3) is 0.500. The largest absolute Gasteiger partial charge is 0.399 e. The van der Waals surface area contributed by atoms with Crippen molar-refractivity contribution < 1.29 is 30.0 Å². The average Bonchev–Trinajstić information content (AvgIpc) is 2.48. The Bertz CT molecular complexity index is 537. The number of carbonyl (C=O) groups excluding carboxylic acids is 1. The van der Waals surface area contributed by atoms with E-state index < -0.39 is 42.7 Å². The van der Waals surface area contributed by atoms with E-state index >= 15 is 0 Å². The topological polar surface area (TPSA) is 145 Å². The Morgan fingerprint density at radius 2 is 1.91 bits per heavy atom. The first-order valence-electron chi connectivity index (χ1n) is 6.80. The predicted molar refractivity (Wildman–Crippen MR) is 76.3 cm³/mol. The molecule has 8 heteroatoms. The van der Waals surface area contributed by atoms with Crippen LogP contribution in [0.4, 0.5) is 5.69 Å². The molecule has 5 atom stereocenters. The van der Waals surface area contributed by atoms with Crippen molar-refractivity contribution in [1.29, 1.82) is 0 Å². The van der Waals surface area contributed by atoms with Gasteiger partial charge in [0.1, 0.15) is 24.4 Å². The van der Waals surface area contributed by atoms with Gasteiger partial charge in [-0.1, -0.05) is 12.1 Å². The summed E-state index contributed by atoms with van der Waals surface area (Å²) in [6.45, 7) is 0.600. The highest BCUT2D eigenvalue weighted by Crippen LogP contribution is 2.36. The van der Waals surface area contributed by atoms with E-state index in [-0.39, 0.29) is 5.56 Å². The molecule has 0 aromatic heterocycles. The number of anilines is 1. The lowest BCUT2D eigenvalue weighted by molar-refractivity contribution is -0.326. The predicted octanol–water partition coefficient (Wildman–Crippen LogP) is -1.97. The van der Waals surface area contributed by atoms with Crippen molar-refractivity contribution in [3.05, 3.63) is 29.8 Å². The molecule has 1 unspecified atom stereocenters. The molecule has 1 heterocycles. The molecule has 22 heavy (non-hydrogen) atoms. The van der Waals surface area contributed by atoms with Gasteiger partial charge in [-0.15, -0.1) is 0 Å². The summed E-state index contributed by atoms with van der Waals surface area (Å²) in [5.41, 5.74) is 6.28. The number of benzene rings is 1. The molecule has 0 spiro atoms. The highest BCUT2D eigenvalue weighted by atomic mass is 16.6. The van der Waals surface area contributed by atoms with Crippen LogP contribution in [0.5, 0.6) is 0 Å². The van der Waals surface area contributed by atoms with Crippen molar-refractivity contribution in [2.24, 2.45) is 0 Å². The molecular weight excluding hydrogens is 292 g/mol. The van der Waals surface area contributed by atoms with Gasteiger partial charge in [-0.05, 0) is 12.1 Å². The van der Waals surface area contributed by atoms with Crippen LogP contribution in [-0.2, 0) is 15.3 Å². The number of hydrogen-bond acceptors (Lipinski definition) is 7. The minimum Gasteiger partial charge on any atom is -0.399 e. The molecule has 1 aliphatic heterocycles. The summed E-state index contributed by atoms with van der Waals surface area (Å²) in [7, 11) is 0. The molecule has 1 fully saturated rings. The Hall–Kier alpha value is -1.71. The van der Waals surface area contributed by atoms with Crippen molar-refractivity contribution in [1.82, 2.24) is 5.32 Å². The van der Waals surface area contributed by atoms with Gasteiger partial charge < -0.3 is 36.2 Å². The first-order chi connectivity index (χ1) is 10.3. The van der Waals surface area contributed by atoms with Gasteiger partial charge in [0.15, 0.2) is 0 Å². The van der Waals surface area contributed by atoms with Gasteiger partial charge in [0.05, 0.1) is 6.61 Å². The van der Waals surface area contributed by atoms with Gasteiger partial charge in [-0.25, -0.2) is 0 Å². The Morgan fingerprint density at radius 3 is 2.41 bits per heavy atom. The SMILES string of the molecule is CC(=O)N[C@@H]1[C@@H](O)[C@H](O)[C@@H](CO)OC1(O)c1ccc(N)cc1. The molecule has 1 aromatic carbocycles. The molecular formula is C14H20N2O6. The number of aliphatic hydroxyl groups excluding tert-OH is 3. The summed E-state index contributed by atoms with van der Waals surface area (Å²) >= 11 is 0. The quantitative estimate of drug-likeness (QED) is 0.355. The standard InChI is InChI=1S/C14H20N2O6/c1-7(18)16-13-12(20)11(19)10(6-17)22-14(13,21)8-2-4-9(15)5-3-8/h2-5,10-13,17,19-21H,6,15H2,1H3,(H,16,18)/t10-,11-,12+,13-,14?/m1/s1. The lowest BCUT2D eigenvalue weighted by Crippen LogP contribution is -2.68. The zero-order chi connectivity index (χ0) is 16.5. The lowest BCUT2D eigenvalue weighted by atomic mass is 9.86. The van der Waals surface area contributed by atoms with E-state index in [1.54, 1.807) is 0 Å². The number of aliphatic hydroxyl groups is 4. The van der Waals surface area contributed by atoms with Gasteiger partial charge in [0.2, 0.25) is 11.7 Å². The Labute approximate surface area is 127 Å². The summed E-state index contributed by atoms with van der Waals surface area (Å²) in [4.78, 5) is 11.3. The van der Waals surface area contributed by atoms with E-state index in [2.05, 4.69) is 5.32 Å². The van der Waals surface area contributed by atoms with Crippen molar-refractivity contribution in [3.8, 4) is 0 Å². The molecule has 8 nitrogen and oxygen atoms in total. The van der Waals surface area contributed by atoms with Crippen LogP contribution in [0.3, 0.4) is 0 Å². The number of nitrogen functional groups attached to an aromatic ring is 1. The third-order valence-electron chi connectivity index (χ3n) is 3.69. The van der Waals surface area contributed by atoms with Gasteiger partial charge in [0.25, 0.3) is 0 Å². The van der Waals surface area contributed by atoms with Gasteiger partial charge in [-0.3, -0.25) is 4.79 Å². The second kappa shape index (κ2) is 6.19. The number of amides is 1. The first-order valence-corrected chi connectivity index (χ1v) is 6.80. The number of nitrogens with one attached hydrogen (secondary N) is 1.